The number of hydrazone groups is 1. The zero-order chi connectivity index (χ0) is 18.8. The minimum absolute atomic E-state index is 0.0812. The Labute approximate surface area is 155 Å². The molecule has 0 bridgehead atoms. The van der Waals surface area contributed by atoms with Gasteiger partial charge in [-0.05, 0) is 59.9 Å². The molecule has 1 amide bonds. The molecule has 2 aromatic carbocycles. The van der Waals surface area contributed by atoms with Crippen molar-refractivity contribution in [2.75, 3.05) is 13.2 Å². The van der Waals surface area contributed by atoms with E-state index in [2.05, 4.69) is 31.3 Å². The van der Waals surface area contributed by atoms with E-state index in [4.69, 9.17) is 9.47 Å². The lowest BCUT2D eigenvalue weighted by molar-refractivity contribution is -0.123. The first-order chi connectivity index (χ1) is 12.6. The lowest BCUT2D eigenvalue weighted by Gasteiger charge is -2.08. The van der Waals surface area contributed by atoms with Crippen LogP contribution < -0.4 is 14.9 Å². The zero-order valence-corrected chi connectivity index (χ0v) is 15.6. The van der Waals surface area contributed by atoms with Crippen LogP contribution in [0, 0.1) is 0 Å². The number of carbonyl (C=O) groups excluding carboxylic acids is 1. The van der Waals surface area contributed by atoms with Gasteiger partial charge < -0.3 is 9.47 Å². The van der Waals surface area contributed by atoms with Crippen LogP contribution in [0.3, 0.4) is 0 Å². The lowest BCUT2D eigenvalue weighted by Crippen LogP contribution is -2.24. The summed E-state index contributed by atoms with van der Waals surface area (Å²) < 4.78 is 11.0. The molecule has 0 aliphatic carbocycles. The van der Waals surface area contributed by atoms with Crippen LogP contribution in [0.15, 0.2) is 53.6 Å². The first-order valence-corrected chi connectivity index (χ1v) is 8.86. The van der Waals surface area contributed by atoms with Crippen LogP contribution in [0.25, 0.3) is 0 Å². The van der Waals surface area contributed by atoms with Crippen LogP contribution in [0.5, 0.6) is 11.5 Å². The molecule has 0 atom stereocenters. The van der Waals surface area contributed by atoms with Gasteiger partial charge in [0.2, 0.25) is 0 Å². The minimum Gasteiger partial charge on any atom is -0.494 e. The van der Waals surface area contributed by atoms with Gasteiger partial charge in [0, 0.05) is 0 Å². The summed E-state index contributed by atoms with van der Waals surface area (Å²) in [6.45, 7) is 6.94. The van der Waals surface area contributed by atoms with Gasteiger partial charge in [-0.25, -0.2) is 5.43 Å². The minimum atomic E-state index is -0.308. The van der Waals surface area contributed by atoms with Gasteiger partial charge in [0.15, 0.2) is 6.61 Å². The summed E-state index contributed by atoms with van der Waals surface area (Å²) in [5.74, 6) is 1.65. The fraction of sp³-hybridized carbons (Fsp3) is 0.333. The Kier molecular flexibility index (Phi) is 7.68. The number of hydrogen-bond donors (Lipinski definition) is 1. The third-order valence-corrected chi connectivity index (χ3v) is 3.67. The number of ether oxygens (including phenoxy) is 2. The van der Waals surface area contributed by atoms with Gasteiger partial charge in [-0.15, -0.1) is 0 Å². The number of amides is 1. The predicted molar refractivity (Wildman–Crippen MR) is 104 cm³/mol. The van der Waals surface area contributed by atoms with E-state index in [-0.39, 0.29) is 12.5 Å². The third-order valence-electron chi connectivity index (χ3n) is 3.67. The fourth-order valence-corrected chi connectivity index (χ4v) is 2.18. The second-order valence-corrected chi connectivity index (χ2v) is 6.22. The Morgan fingerprint density at radius 2 is 1.65 bits per heavy atom. The van der Waals surface area contributed by atoms with E-state index in [1.54, 1.807) is 6.21 Å². The average Bonchev–Trinajstić information content (AvgIpc) is 2.66. The monoisotopic (exact) mass is 354 g/mol. The number of nitrogens with one attached hydrogen (secondary N) is 1. The summed E-state index contributed by atoms with van der Waals surface area (Å²) in [4.78, 5) is 11.8. The quantitative estimate of drug-likeness (QED) is 0.544. The van der Waals surface area contributed by atoms with E-state index in [1.165, 1.54) is 5.56 Å². The highest BCUT2D eigenvalue weighted by molar-refractivity contribution is 5.83. The Balaban J connectivity index is 1.74. The first-order valence-electron chi connectivity index (χ1n) is 8.86. The molecule has 26 heavy (non-hydrogen) atoms. The van der Waals surface area contributed by atoms with Crippen molar-refractivity contribution in [3.8, 4) is 11.5 Å². The van der Waals surface area contributed by atoms with Gasteiger partial charge in [-0.3, -0.25) is 4.79 Å². The predicted octanol–water partition coefficient (Wildman–Crippen LogP) is 4.13. The van der Waals surface area contributed by atoms with Crippen molar-refractivity contribution in [1.82, 2.24) is 5.43 Å². The molecule has 0 aliphatic rings. The normalized spacial score (nSPS) is 10.9. The Morgan fingerprint density at radius 1 is 1.04 bits per heavy atom. The lowest BCUT2D eigenvalue weighted by atomic mass is 10.0. The number of nitrogens with zero attached hydrogens (tertiary/aromatic N) is 1. The highest BCUT2D eigenvalue weighted by Gasteiger charge is 2.03. The van der Waals surface area contributed by atoms with E-state index in [0.29, 0.717) is 18.3 Å². The topological polar surface area (TPSA) is 59.9 Å². The molecule has 0 radical (unpaired) electrons. The fourth-order valence-electron chi connectivity index (χ4n) is 2.18. The second-order valence-electron chi connectivity index (χ2n) is 6.22. The molecule has 0 unspecified atom stereocenters. The molecule has 1 N–H and O–H groups in total. The van der Waals surface area contributed by atoms with Crippen LogP contribution in [0.1, 0.15) is 44.2 Å². The van der Waals surface area contributed by atoms with Crippen molar-refractivity contribution in [2.24, 2.45) is 5.10 Å². The van der Waals surface area contributed by atoms with Gasteiger partial charge in [-0.2, -0.15) is 5.10 Å². The standard InChI is InChI=1S/C21H26N2O3/c1-4-13-25-19-9-5-17(6-10-19)14-22-23-21(24)15-26-20-11-7-18(8-12-20)16(2)3/h5-12,14,16H,4,13,15H2,1-3H3,(H,23,24)/b22-14+. The highest BCUT2D eigenvalue weighted by atomic mass is 16.5. The van der Waals surface area contributed by atoms with Crippen LogP contribution in [-0.2, 0) is 4.79 Å². The number of hydrogen-bond acceptors (Lipinski definition) is 4. The maximum Gasteiger partial charge on any atom is 0.277 e. The van der Waals surface area contributed by atoms with E-state index in [9.17, 15) is 4.79 Å². The maximum absolute atomic E-state index is 11.8. The van der Waals surface area contributed by atoms with Crippen molar-refractivity contribution in [1.29, 1.82) is 0 Å². The molecule has 5 nitrogen and oxygen atoms in total. The molecule has 0 saturated heterocycles. The number of carbonyl (C=O) groups is 1. The van der Waals surface area contributed by atoms with Crippen molar-refractivity contribution in [3.63, 3.8) is 0 Å². The van der Waals surface area contributed by atoms with E-state index in [1.807, 2.05) is 48.5 Å². The number of rotatable bonds is 9. The van der Waals surface area contributed by atoms with Crippen molar-refractivity contribution < 1.29 is 14.3 Å². The summed E-state index contributed by atoms with van der Waals surface area (Å²) >= 11 is 0. The summed E-state index contributed by atoms with van der Waals surface area (Å²) in [5.41, 5.74) is 4.56. The third kappa shape index (κ3) is 6.59. The first kappa shape index (κ1) is 19.5. The molecule has 0 aromatic heterocycles. The Bertz CT molecular complexity index is 707. The van der Waals surface area contributed by atoms with E-state index in [0.717, 1.165) is 17.7 Å². The molecule has 2 rings (SSSR count). The van der Waals surface area contributed by atoms with Gasteiger partial charge in [0.1, 0.15) is 11.5 Å². The van der Waals surface area contributed by atoms with Gasteiger partial charge in [-0.1, -0.05) is 32.9 Å². The number of benzene rings is 2. The Hall–Kier alpha value is -2.82. The molecule has 138 valence electrons. The van der Waals surface area contributed by atoms with Crippen LogP contribution >= 0.6 is 0 Å². The Morgan fingerprint density at radius 3 is 2.27 bits per heavy atom. The molecule has 0 spiro atoms. The van der Waals surface area contributed by atoms with Gasteiger partial charge in [0.05, 0.1) is 12.8 Å². The summed E-state index contributed by atoms with van der Waals surface area (Å²) in [6, 6.07) is 15.3. The van der Waals surface area contributed by atoms with Crippen molar-refractivity contribution >= 4 is 12.1 Å². The molecule has 2 aromatic rings. The molecular formula is C21H26N2O3. The summed E-state index contributed by atoms with van der Waals surface area (Å²) in [6.07, 6.45) is 2.55. The summed E-state index contributed by atoms with van der Waals surface area (Å²) in [7, 11) is 0. The van der Waals surface area contributed by atoms with E-state index < -0.39 is 0 Å². The zero-order valence-electron chi connectivity index (χ0n) is 15.6. The smallest absolute Gasteiger partial charge is 0.277 e. The SMILES string of the molecule is CCCOc1ccc(/C=N/NC(=O)COc2ccc(C(C)C)cc2)cc1. The van der Waals surface area contributed by atoms with Crippen LogP contribution in [0.4, 0.5) is 0 Å². The van der Waals surface area contributed by atoms with Crippen LogP contribution in [0.2, 0.25) is 0 Å². The molecule has 0 heterocycles. The van der Waals surface area contributed by atoms with Gasteiger partial charge in [0.25, 0.3) is 5.91 Å². The largest absolute Gasteiger partial charge is 0.494 e. The molecule has 0 saturated carbocycles. The van der Waals surface area contributed by atoms with Crippen LogP contribution in [-0.4, -0.2) is 25.3 Å². The van der Waals surface area contributed by atoms with E-state index >= 15 is 0 Å². The molecule has 0 fully saturated rings. The van der Waals surface area contributed by atoms with Crippen molar-refractivity contribution in [3.05, 3.63) is 59.7 Å². The van der Waals surface area contributed by atoms with Crippen molar-refractivity contribution in [2.45, 2.75) is 33.1 Å². The van der Waals surface area contributed by atoms with Gasteiger partial charge >= 0.3 is 0 Å². The summed E-state index contributed by atoms with van der Waals surface area (Å²) in [5, 5.41) is 3.94. The molecule has 0 aliphatic heterocycles. The average molecular weight is 354 g/mol. The maximum atomic E-state index is 11.8. The second kappa shape index (κ2) is 10.2. The highest BCUT2D eigenvalue weighted by Crippen LogP contribution is 2.18. The molecule has 5 heteroatoms. The molecular weight excluding hydrogens is 328 g/mol.